The van der Waals surface area contributed by atoms with Crippen LogP contribution in [0.15, 0.2) is 12.7 Å². The first-order valence-corrected chi connectivity index (χ1v) is 7.12. The summed E-state index contributed by atoms with van der Waals surface area (Å²) in [5.41, 5.74) is -0.173. The molecule has 0 aromatic rings. The van der Waals surface area contributed by atoms with Gasteiger partial charge in [0.2, 0.25) is 0 Å². The average molecular weight is 264 g/mol. The molecule has 4 saturated carbocycles. The maximum absolute atomic E-state index is 11.9. The van der Waals surface area contributed by atoms with Crippen LogP contribution in [-0.4, -0.2) is 24.1 Å². The Morgan fingerprint density at radius 3 is 2.53 bits per heavy atom. The minimum absolute atomic E-state index is 0.0806. The highest BCUT2D eigenvalue weighted by molar-refractivity contribution is 5.81. The molecule has 19 heavy (non-hydrogen) atoms. The molecule has 0 radical (unpaired) electrons. The fourth-order valence-corrected chi connectivity index (χ4v) is 4.46. The van der Waals surface area contributed by atoms with Crippen LogP contribution in [-0.2, 0) is 19.1 Å². The van der Waals surface area contributed by atoms with Gasteiger partial charge in [-0.1, -0.05) is 6.58 Å². The summed E-state index contributed by atoms with van der Waals surface area (Å²) >= 11 is 0. The molecule has 0 aromatic heterocycles. The Morgan fingerprint density at radius 1 is 1.21 bits per heavy atom. The van der Waals surface area contributed by atoms with Gasteiger partial charge in [-0.3, -0.25) is 4.79 Å². The lowest BCUT2D eigenvalue weighted by Crippen LogP contribution is -2.36. The van der Waals surface area contributed by atoms with Crippen molar-refractivity contribution < 1.29 is 19.1 Å². The van der Waals surface area contributed by atoms with Gasteiger partial charge < -0.3 is 9.47 Å². The lowest BCUT2D eigenvalue weighted by atomic mass is 9.81. The standard InChI is InChI=1S/C15H20O4/c1-2-13(16)18-4-3-14(17)19-15-8-10-5-11(9-15)7-12(15)6-10/h2,10-12H,1,3-9H2. The SMILES string of the molecule is C=CC(=O)OCCC(=O)OC12CC3CC(CC1C3)C2. The smallest absolute Gasteiger partial charge is 0.330 e. The van der Waals surface area contributed by atoms with Crippen LogP contribution in [0.25, 0.3) is 0 Å². The average Bonchev–Trinajstić information content (AvgIpc) is 2.73. The van der Waals surface area contributed by atoms with Gasteiger partial charge in [-0.05, 0) is 49.9 Å². The van der Waals surface area contributed by atoms with Crippen molar-refractivity contribution in [1.82, 2.24) is 0 Å². The maximum Gasteiger partial charge on any atom is 0.330 e. The van der Waals surface area contributed by atoms with Crippen molar-refractivity contribution >= 4 is 11.9 Å². The van der Waals surface area contributed by atoms with Crippen LogP contribution in [0.5, 0.6) is 0 Å². The summed E-state index contributed by atoms with van der Waals surface area (Å²) < 4.78 is 10.6. The Bertz CT molecular complexity index is 400. The molecule has 4 aliphatic carbocycles. The van der Waals surface area contributed by atoms with E-state index in [-0.39, 0.29) is 24.6 Å². The highest BCUT2D eigenvalue weighted by atomic mass is 16.6. The highest BCUT2D eigenvalue weighted by Gasteiger charge is 2.60. The first kappa shape index (κ1) is 12.7. The third-order valence-electron chi connectivity index (χ3n) is 4.95. The molecule has 104 valence electrons. The first-order valence-electron chi connectivity index (χ1n) is 7.12. The maximum atomic E-state index is 11.9. The third kappa shape index (κ3) is 2.28. The second-order valence-corrected chi connectivity index (χ2v) is 6.20. The Kier molecular flexibility index (Phi) is 3.11. The predicted octanol–water partition coefficient (Wildman–Crippen LogP) is 2.23. The number of rotatable bonds is 5. The van der Waals surface area contributed by atoms with Crippen molar-refractivity contribution in [1.29, 1.82) is 0 Å². The van der Waals surface area contributed by atoms with E-state index in [1.54, 1.807) is 0 Å². The van der Waals surface area contributed by atoms with E-state index in [2.05, 4.69) is 6.58 Å². The summed E-state index contributed by atoms with van der Waals surface area (Å²) in [6.07, 6.45) is 7.13. The molecule has 4 rings (SSSR count). The van der Waals surface area contributed by atoms with Crippen LogP contribution in [0.4, 0.5) is 0 Å². The Morgan fingerprint density at radius 2 is 1.89 bits per heavy atom. The summed E-state index contributed by atoms with van der Waals surface area (Å²) in [5, 5.41) is 0. The van der Waals surface area contributed by atoms with Crippen molar-refractivity contribution in [2.75, 3.05) is 6.61 Å². The zero-order valence-electron chi connectivity index (χ0n) is 11.1. The molecule has 4 nitrogen and oxygen atoms in total. The highest BCUT2D eigenvalue weighted by Crippen LogP contribution is 2.62. The first-order chi connectivity index (χ1) is 9.11. The zero-order chi connectivity index (χ0) is 13.5. The number of carbonyl (C=O) groups is 2. The second kappa shape index (κ2) is 4.66. The van der Waals surface area contributed by atoms with Crippen LogP contribution in [0, 0.1) is 17.8 Å². The quantitative estimate of drug-likeness (QED) is 0.564. The Hall–Kier alpha value is -1.32. The van der Waals surface area contributed by atoms with Gasteiger partial charge in [0.1, 0.15) is 12.2 Å². The topological polar surface area (TPSA) is 52.6 Å². The van der Waals surface area contributed by atoms with E-state index in [1.807, 2.05) is 0 Å². The summed E-state index contributed by atoms with van der Waals surface area (Å²) in [6, 6.07) is 0. The molecule has 2 unspecified atom stereocenters. The van der Waals surface area contributed by atoms with Gasteiger partial charge in [0, 0.05) is 6.08 Å². The number of carbonyl (C=O) groups excluding carboxylic acids is 2. The molecule has 2 atom stereocenters. The third-order valence-corrected chi connectivity index (χ3v) is 4.95. The molecule has 0 aromatic carbocycles. The van der Waals surface area contributed by atoms with E-state index in [9.17, 15) is 9.59 Å². The zero-order valence-corrected chi connectivity index (χ0v) is 11.1. The van der Waals surface area contributed by atoms with Crippen LogP contribution in [0.2, 0.25) is 0 Å². The molecule has 0 saturated heterocycles. The molecular weight excluding hydrogens is 244 g/mol. The molecule has 4 aliphatic rings. The van der Waals surface area contributed by atoms with Crippen molar-refractivity contribution in [2.24, 2.45) is 17.8 Å². The number of hydrogen-bond acceptors (Lipinski definition) is 4. The summed E-state index contributed by atoms with van der Waals surface area (Å²) in [4.78, 5) is 22.8. The van der Waals surface area contributed by atoms with E-state index in [0.717, 1.165) is 30.8 Å². The summed E-state index contributed by atoms with van der Waals surface area (Å²) in [7, 11) is 0. The minimum Gasteiger partial charge on any atom is -0.462 e. The molecule has 0 N–H and O–H groups in total. The van der Waals surface area contributed by atoms with Gasteiger partial charge in [0.25, 0.3) is 0 Å². The van der Waals surface area contributed by atoms with Crippen molar-refractivity contribution in [3.63, 3.8) is 0 Å². The lowest BCUT2D eigenvalue weighted by molar-refractivity contribution is -0.164. The van der Waals surface area contributed by atoms with Crippen molar-refractivity contribution in [2.45, 2.75) is 44.1 Å². The van der Waals surface area contributed by atoms with Gasteiger partial charge in [-0.15, -0.1) is 0 Å². The van der Waals surface area contributed by atoms with Gasteiger partial charge in [0.05, 0.1) is 6.42 Å². The summed E-state index contributed by atoms with van der Waals surface area (Å²) in [6.45, 7) is 3.39. The van der Waals surface area contributed by atoms with Gasteiger partial charge >= 0.3 is 11.9 Å². The number of hydrogen-bond donors (Lipinski definition) is 0. The molecule has 0 amide bonds. The van der Waals surface area contributed by atoms with Gasteiger partial charge in [-0.25, -0.2) is 4.79 Å². The van der Waals surface area contributed by atoms with Crippen molar-refractivity contribution in [3.05, 3.63) is 12.7 Å². The number of esters is 2. The molecule has 4 heteroatoms. The fourth-order valence-electron chi connectivity index (χ4n) is 4.46. The van der Waals surface area contributed by atoms with Crippen LogP contribution in [0.1, 0.15) is 38.5 Å². The van der Waals surface area contributed by atoms with Crippen molar-refractivity contribution in [3.8, 4) is 0 Å². The molecule has 0 spiro atoms. The molecule has 4 fully saturated rings. The van der Waals surface area contributed by atoms with E-state index >= 15 is 0 Å². The molecule has 4 bridgehead atoms. The number of ether oxygens (including phenoxy) is 2. The normalized spacial score (nSPS) is 38.2. The molecule has 0 aliphatic heterocycles. The largest absolute Gasteiger partial charge is 0.462 e. The van der Waals surface area contributed by atoms with Crippen LogP contribution in [0.3, 0.4) is 0 Å². The van der Waals surface area contributed by atoms with E-state index < -0.39 is 5.97 Å². The summed E-state index contributed by atoms with van der Waals surface area (Å²) in [5.74, 6) is 1.39. The fraction of sp³-hybridized carbons (Fsp3) is 0.733. The van der Waals surface area contributed by atoms with E-state index in [1.165, 1.54) is 19.3 Å². The Labute approximate surface area is 113 Å². The lowest BCUT2D eigenvalue weighted by Gasteiger charge is -2.32. The van der Waals surface area contributed by atoms with Crippen LogP contribution < -0.4 is 0 Å². The van der Waals surface area contributed by atoms with E-state index in [4.69, 9.17) is 9.47 Å². The molecule has 0 heterocycles. The van der Waals surface area contributed by atoms with Gasteiger partial charge in [-0.2, -0.15) is 0 Å². The molecular formula is C15H20O4. The predicted molar refractivity (Wildman–Crippen MR) is 68.2 cm³/mol. The minimum atomic E-state index is -0.494. The van der Waals surface area contributed by atoms with E-state index in [0.29, 0.717) is 5.92 Å². The van der Waals surface area contributed by atoms with Gasteiger partial charge in [0.15, 0.2) is 0 Å². The Balaban J connectivity index is 1.50. The monoisotopic (exact) mass is 264 g/mol. The van der Waals surface area contributed by atoms with Crippen LogP contribution >= 0.6 is 0 Å². The second-order valence-electron chi connectivity index (χ2n) is 6.20.